The van der Waals surface area contributed by atoms with Crippen LogP contribution in [0, 0.1) is 5.82 Å². The highest BCUT2D eigenvalue weighted by molar-refractivity contribution is 7.99. The maximum Gasteiger partial charge on any atom is 0.262 e. The number of hydrogen-bond donors (Lipinski definition) is 1. The second kappa shape index (κ2) is 12.2. The number of fused-ring (bicyclic) bond motifs is 1. The first-order valence-electron chi connectivity index (χ1n) is 10.8. The lowest BCUT2D eigenvalue weighted by Crippen LogP contribution is -2.28. The van der Waals surface area contributed by atoms with E-state index in [4.69, 9.17) is 16.3 Å². The van der Waals surface area contributed by atoms with Gasteiger partial charge in [-0.15, -0.1) is 0 Å². The molecule has 176 valence electrons. The number of rotatable bonds is 11. The summed E-state index contributed by atoms with van der Waals surface area (Å²) in [6, 6.07) is 11.2. The number of carbonyl (C=O) groups excluding carboxylic acids is 1. The molecule has 1 amide bonds. The third-order valence-corrected chi connectivity index (χ3v) is 6.05. The van der Waals surface area contributed by atoms with Gasteiger partial charge in [-0.25, -0.2) is 9.37 Å². The lowest BCUT2D eigenvalue weighted by atomic mass is 10.1. The Bertz CT molecular complexity index is 1150. The van der Waals surface area contributed by atoms with E-state index in [1.54, 1.807) is 34.9 Å². The van der Waals surface area contributed by atoms with Crippen molar-refractivity contribution >= 4 is 40.2 Å². The number of nitrogens with zero attached hydrogens (tertiary/aromatic N) is 2. The Morgan fingerprint density at radius 3 is 2.73 bits per heavy atom. The van der Waals surface area contributed by atoms with Crippen LogP contribution in [0.3, 0.4) is 0 Å². The number of hydrogen-bond acceptors (Lipinski definition) is 5. The Morgan fingerprint density at radius 1 is 1.24 bits per heavy atom. The van der Waals surface area contributed by atoms with Crippen molar-refractivity contribution in [1.29, 1.82) is 0 Å². The zero-order chi connectivity index (χ0) is 23.8. The van der Waals surface area contributed by atoms with Crippen LogP contribution in [-0.2, 0) is 22.5 Å². The minimum absolute atomic E-state index is 0.116. The zero-order valence-corrected chi connectivity index (χ0v) is 20.2. The molecule has 0 radical (unpaired) electrons. The van der Waals surface area contributed by atoms with Crippen molar-refractivity contribution < 1.29 is 13.9 Å². The SMILES string of the molecule is CC(C)OCCCn1c(SCC(=O)NCCc2ccc(F)cc2)nc2cc(Cl)ccc2c1=O. The van der Waals surface area contributed by atoms with E-state index in [9.17, 15) is 14.0 Å². The van der Waals surface area contributed by atoms with Crippen LogP contribution in [0.5, 0.6) is 0 Å². The van der Waals surface area contributed by atoms with Crippen molar-refractivity contribution in [1.82, 2.24) is 14.9 Å². The summed E-state index contributed by atoms with van der Waals surface area (Å²) in [5.41, 5.74) is 1.27. The Labute approximate surface area is 201 Å². The minimum Gasteiger partial charge on any atom is -0.379 e. The Hall–Kier alpha value is -2.42. The van der Waals surface area contributed by atoms with Crippen LogP contribution in [0.15, 0.2) is 52.4 Å². The van der Waals surface area contributed by atoms with Crippen LogP contribution in [-0.4, -0.2) is 40.5 Å². The van der Waals surface area contributed by atoms with Gasteiger partial charge in [0.2, 0.25) is 5.91 Å². The summed E-state index contributed by atoms with van der Waals surface area (Å²) in [6.45, 7) is 5.32. The highest BCUT2D eigenvalue weighted by atomic mass is 35.5. The molecule has 0 atom stereocenters. The van der Waals surface area contributed by atoms with Gasteiger partial charge in [0, 0.05) is 24.7 Å². The summed E-state index contributed by atoms with van der Waals surface area (Å²) in [5, 5.41) is 4.29. The van der Waals surface area contributed by atoms with Gasteiger partial charge >= 0.3 is 0 Å². The van der Waals surface area contributed by atoms with E-state index in [1.165, 1.54) is 23.9 Å². The number of thioether (sulfide) groups is 1. The van der Waals surface area contributed by atoms with Gasteiger partial charge in [0.05, 0.1) is 22.8 Å². The fourth-order valence-corrected chi connectivity index (χ4v) is 4.22. The van der Waals surface area contributed by atoms with Crippen LogP contribution in [0.25, 0.3) is 10.9 Å². The lowest BCUT2D eigenvalue weighted by molar-refractivity contribution is -0.118. The molecule has 0 aliphatic rings. The third-order valence-electron chi connectivity index (χ3n) is 4.84. The van der Waals surface area contributed by atoms with Crippen LogP contribution in [0.2, 0.25) is 5.02 Å². The number of carbonyl (C=O) groups is 1. The molecule has 3 rings (SSSR count). The van der Waals surface area contributed by atoms with E-state index in [0.29, 0.717) is 53.6 Å². The van der Waals surface area contributed by atoms with Gasteiger partial charge in [-0.3, -0.25) is 14.2 Å². The van der Waals surface area contributed by atoms with Crippen LogP contribution < -0.4 is 10.9 Å². The van der Waals surface area contributed by atoms with Gasteiger partial charge in [0.15, 0.2) is 5.16 Å². The van der Waals surface area contributed by atoms with Crippen molar-refractivity contribution in [2.75, 3.05) is 18.9 Å². The zero-order valence-electron chi connectivity index (χ0n) is 18.6. The molecule has 0 aliphatic carbocycles. The predicted molar refractivity (Wildman–Crippen MR) is 131 cm³/mol. The predicted octanol–water partition coefficient (Wildman–Crippen LogP) is 4.46. The summed E-state index contributed by atoms with van der Waals surface area (Å²) in [4.78, 5) is 30.1. The highest BCUT2D eigenvalue weighted by Gasteiger charge is 2.14. The number of nitrogens with one attached hydrogen (secondary N) is 1. The van der Waals surface area contributed by atoms with E-state index in [1.807, 2.05) is 13.8 Å². The van der Waals surface area contributed by atoms with Crippen LogP contribution in [0.1, 0.15) is 25.8 Å². The van der Waals surface area contributed by atoms with E-state index >= 15 is 0 Å². The van der Waals surface area contributed by atoms with Gasteiger partial charge in [-0.1, -0.05) is 35.5 Å². The molecule has 0 bridgehead atoms. The summed E-state index contributed by atoms with van der Waals surface area (Å²) >= 11 is 7.29. The topological polar surface area (TPSA) is 73.2 Å². The summed E-state index contributed by atoms with van der Waals surface area (Å²) in [7, 11) is 0. The molecule has 1 aromatic heterocycles. The molecule has 0 saturated heterocycles. The summed E-state index contributed by atoms with van der Waals surface area (Å²) in [5.74, 6) is -0.341. The molecule has 0 unspecified atom stereocenters. The molecule has 1 N–H and O–H groups in total. The van der Waals surface area contributed by atoms with Crippen molar-refractivity contribution in [2.24, 2.45) is 0 Å². The molecular weight excluding hydrogens is 465 g/mol. The molecular formula is C24H27ClFN3O3S. The number of ether oxygens (including phenoxy) is 1. The van der Waals surface area contributed by atoms with E-state index in [2.05, 4.69) is 10.3 Å². The lowest BCUT2D eigenvalue weighted by Gasteiger charge is -2.14. The molecule has 3 aromatic rings. The maximum absolute atomic E-state index is 13.1. The molecule has 0 aliphatic heterocycles. The minimum atomic E-state index is -0.287. The van der Waals surface area contributed by atoms with Gasteiger partial charge in [-0.05, 0) is 62.6 Å². The van der Waals surface area contributed by atoms with Crippen molar-refractivity contribution in [2.45, 2.75) is 44.5 Å². The number of halogens is 2. The molecule has 33 heavy (non-hydrogen) atoms. The standard InChI is InChI=1S/C24H27ClFN3O3S/c1-16(2)32-13-3-12-29-23(31)20-9-6-18(25)14-21(20)28-24(29)33-15-22(30)27-11-10-17-4-7-19(26)8-5-17/h4-9,14,16H,3,10-13,15H2,1-2H3,(H,27,30). The number of benzene rings is 2. The molecule has 6 nitrogen and oxygen atoms in total. The third kappa shape index (κ3) is 7.55. The highest BCUT2D eigenvalue weighted by Crippen LogP contribution is 2.20. The molecule has 0 saturated carbocycles. The van der Waals surface area contributed by atoms with Gasteiger partial charge < -0.3 is 10.1 Å². The van der Waals surface area contributed by atoms with Gasteiger partial charge in [0.1, 0.15) is 5.82 Å². The second-order valence-electron chi connectivity index (χ2n) is 7.80. The van der Waals surface area contributed by atoms with Gasteiger partial charge in [-0.2, -0.15) is 0 Å². The van der Waals surface area contributed by atoms with Crippen LogP contribution >= 0.6 is 23.4 Å². The summed E-state index contributed by atoms with van der Waals surface area (Å²) < 4.78 is 20.2. The van der Waals surface area contributed by atoms with Crippen molar-refractivity contribution in [3.05, 3.63) is 69.2 Å². The Balaban J connectivity index is 1.66. The Morgan fingerprint density at radius 2 is 2.00 bits per heavy atom. The molecule has 9 heteroatoms. The quantitative estimate of drug-likeness (QED) is 0.243. The Kier molecular flexibility index (Phi) is 9.29. The van der Waals surface area contributed by atoms with E-state index in [-0.39, 0.29) is 29.1 Å². The van der Waals surface area contributed by atoms with Gasteiger partial charge in [0.25, 0.3) is 5.56 Å². The average Bonchev–Trinajstić information content (AvgIpc) is 2.77. The van der Waals surface area contributed by atoms with Crippen molar-refractivity contribution in [3.63, 3.8) is 0 Å². The molecule has 0 fully saturated rings. The second-order valence-corrected chi connectivity index (χ2v) is 9.18. The van der Waals surface area contributed by atoms with E-state index < -0.39 is 0 Å². The first-order chi connectivity index (χ1) is 15.8. The average molecular weight is 492 g/mol. The number of amides is 1. The first-order valence-corrected chi connectivity index (χ1v) is 12.2. The van der Waals surface area contributed by atoms with Crippen LogP contribution in [0.4, 0.5) is 4.39 Å². The largest absolute Gasteiger partial charge is 0.379 e. The molecule has 1 heterocycles. The fourth-order valence-electron chi connectivity index (χ4n) is 3.20. The normalized spacial score (nSPS) is 11.3. The first kappa shape index (κ1) is 25.2. The monoisotopic (exact) mass is 491 g/mol. The smallest absolute Gasteiger partial charge is 0.262 e. The number of aromatic nitrogens is 2. The molecule has 2 aromatic carbocycles. The maximum atomic E-state index is 13.1. The van der Waals surface area contributed by atoms with E-state index in [0.717, 1.165) is 5.56 Å². The van der Waals surface area contributed by atoms with Crippen molar-refractivity contribution in [3.8, 4) is 0 Å². The summed E-state index contributed by atoms with van der Waals surface area (Å²) in [6.07, 6.45) is 1.37. The molecule has 0 spiro atoms. The fraction of sp³-hybridized carbons (Fsp3) is 0.375.